The molecule has 0 unspecified atom stereocenters. The molecule has 1 aromatic heterocycles. The number of halogens is 2. The third kappa shape index (κ3) is 2.97. The summed E-state index contributed by atoms with van der Waals surface area (Å²) in [5, 5.41) is 7.83. The second-order valence-corrected chi connectivity index (χ2v) is 5.38. The smallest absolute Gasteiger partial charge is 0.228 e. The molecule has 0 saturated heterocycles. The molecule has 20 heavy (non-hydrogen) atoms. The molecular formula is C14H15Cl2N3O. The molecule has 1 N–H and O–H groups in total. The Labute approximate surface area is 127 Å². The van der Waals surface area contributed by atoms with E-state index in [1.54, 1.807) is 22.9 Å². The number of anilines is 1. The van der Waals surface area contributed by atoms with Crippen LogP contribution in [-0.4, -0.2) is 15.7 Å². The van der Waals surface area contributed by atoms with Crippen LogP contribution in [0.25, 0.3) is 0 Å². The van der Waals surface area contributed by atoms with Crippen molar-refractivity contribution in [3.05, 3.63) is 45.2 Å². The summed E-state index contributed by atoms with van der Waals surface area (Å²) in [5.41, 5.74) is 3.29. The van der Waals surface area contributed by atoms with Gasteiger partial charge in [0.05, 0.1) is 27.8 Å². The zero-order valence-corrected chi connectivity index (χ0v) is 13.0. The number of carbonyl (C=O) groups excluding carboxylic acids is 1. The van der Waals surface area contributed by atoms with Gasteiger partial charge in [-0.2, -0.15) is 5.10 Å². The third-order valence-corrected chi connectivity index (χ3v) is 4.04. The predicted molar refractivity (Wildman–Crippen MR) is 81.5 cm³/mol. The minimum atomic E-state index is -0.145. The van der Waals surface area contributed by atoms with Crippen molar-refractivity contribution in [1.29, 1.82) is 0 Å². The molecular weight excluding hydrogens is 297 g/mol. The molecule has 0 radical (unpaired) electrons. The van der Waals surface area contributed by atoms with Crippen molar-refractivity contribution < 1.29 is 4.79 Å². The van der Waals surface area contributed by atoms with Gasteiger partial charge in [-0.3, -0.25) is 9.48 Å². The molecule has 0 saturated carbocycles. The highest BCUT2D eigenvalue weighted by Gasteiger charge is 2.14. The van der Waals surface area contributed by atoms with E-state index in [4.69, 9.17) is 23.2 Å². The number of hydrogen-bond donors (Lipinski definition) is 1. The normalized spacial score (nSPS) is 10.7. The van der Waals surface area contributed by atoms with Crippen LogP contribution >= 0.6 is 23.2 Å². The summed E-state index contributed by atoms with van der Waals surface area (Å²) >= 11 is 12.0. The van der Waals surface area contributed by atoms with Gasteiger partial charge in [-0.1, -0.05) is 29.3 Å². The number of nitrogens with zero attached hydrogens (tertiary/aromatic N) is 2. The topological polar surface area (TPSA) is 46.9 Å². The first kappa shape index (κ1) is 14.9. The SMILES string of the molecule is Cc1nn(C)c(C)c1CC(=O)Nc1cccc(Cl)c1Cl. The van der Waals surface area contributed by atoms with E-state index in [9.17, 15) is 4.79 Å². The van der Waals surface area contributed by atoms with Gasteiger partial charge >= 0.3 is 0 Å². The maximum atomic E-state index is 12.1. The molecule has 0 aliphatic heterocycles. The van der Waals surface area contributed by atoms with E-state index in [1.165, 1.54) is 0 Å². The molecule has 1 aromatic carbocycles. The van der Waals surface area contributed by atoms with E-state index in [0.29, 0.717) is 15.7 Å². The Morgan fingerprint density at radius 2 is 2.05 bits per heavy atom. The Balaban J connectivity index is 2.15. The number of hydrogen-bond acceptors (Lipinski definition) is 2. The molecule has 6 heteroatoms. The monoisotopic (exact) mass is 311 g/mol. The van der Waals surface area contributed by atoms with E-state index in [2.05, 4.69) is 10.4 Å². The zero-order valence-electron chi connectivity index (χ0n) is 11.5. The quantitative estimate of drug-likeness (QED) is 0.942. The Kier molecular flexibility index (Phi) is 4.35. The number of aryl methyl sites for hydroxylation is 2. The van der Waals surface area contributed by atoms with Crippen LogP contribution in [0.5, 0.6) is 0 Å². The first-order chi connectivity index (χ1) is 9.40. The molecule has 1 heterocycles. The van der Waals surface area contributed by atoms with Crippen LogP contribution in [0.1, 0.15) is 17.0 Å². The van der Waals surface area contributed by atoms with Crippen LogP contribution in [0.15, 0.2) is 18.2 Å². The molecule has 0 aliphatic carbocycles. The number of aromatic nitrogens is 2. The fourth-order valence-electron chi connectivity index (χ4n) is 2.03. The van der Waals surface area contributed by atoms with Crippen LogP contribution < -0.4 is 5.32 Å². The molecule has 0 atom stereocenters. The fourth-order valence-corrected chi connectivity index (χ4v) is 2.38. The van der Waals surface area contributed by atoms with Gasteiger partial charge in [0.2, 0.25) is 5.91 Å². The highest BCUT2D eigenvalue weighted by molar-refractivity contribution is 6.43. The van der Waals surface area contributed by atoms with Crippen molar-refractivity contribution in [2.45, 2.75) is 20.3 Å². The van der Waals surface area contributed by atoms with Crippen LogP contribution in [0, 0.1) is 13.8 Å². The lowest BCUT2D eigenvalue weighted by atomic mass is 10.1. The van der Waals surface area contributed by atoms with Crippen molar-refractivity contribution in [1.82, 2.24) is 9.78 Å². The minimum absolute atomic E-state index is 0.145. The summed E-state index contributed by atoms with van der Waals surface area (Å²) in [6.45, 7) is 3.83. The number of amides is 1. The second-order valence-electron chi connectivity index (χ2n) is 4.60. The predicted octanol–water partition coefficient (Wildman–Crippen LogP) is 3.52. The molecule has 2 aromatic rings. The summed E-state index contributed by atoms with van der Waals surface area (Å²) in [7, 11) is 1.86. The van der Waals surface area contributed by atoms with Crippen LogP contribution in [0.3, 0.4) is 0 Å². The lowest BCUT2D eigenvalue weighted by Gasteiger charge is -2.08. The third-order valence-electron chi connectivity index (χ3n) is 3.22. The van der Waals surface area contributed by atoms with Crippen molar-refractivity contribution >= 4 is 34.8 Å². The molecule has 0 spiro atoms. The Morgan fingerprint density at radius 3 is 2.65 bits per heavy atom. The number of carbonyl (C=O) groups is 1. The zero-order chi connectivity index (χ0) is 14.9. The average Bonchev–Trinajstić information content (AvgIpc) is 2.62. The summed E-state index contributed by atoms with van der Waals surface area (Å²) in [4.78, 5) is 12.1. The Bertz CT molecular complexity index is 665. The highest BCUT2D eigenvalue weighted by Crippen LogP contribution is 2.29. The second kappa shape index (κ2) is 5.85. The molecule has 106 valence electrons. The van der Waals surface area contributed by atoms with Crippen molar-refractivity contribution in [3.8, 4) is 0 Å². The summed E-state index contributed by atoms with van der Waals surface area (Å²) in [6.07, 6.45) is 0.258. The lowest BCUT2D eigenvalue weighted by molar-refractivity contribution is -0.115. The van der Waals surface area contributed by atoms with Crippen LogP contribution in [0.4, 0.5) is 5.69 Å². The van der Waals surface area contributed by atoms with E-state index in [1.807, 2.05) is 20.9 Å². The van der Waals surface area contributed by atoms with Gasteiger partial charge < -0.3 is 5.32 Å². The van der Waals surface area contributed by atoms with Gasteiger partial charge in [-0.05, 0) is 26.0 Å². The van der Waals surface area contributed by atoms with Gasteiger partial charge in [-0.25, -0.2) is 0 Å². The number of rotatable bonds is 3. The summed E-state index contributed by atoms with van der Waals surface area (Å²) in [6, 6.07) is 5.13. The summed E-state index contributed by atoms with van der Waals surface area (Å²) < 4.78 is 1.77. The maximum absolute atomic E-state index is 12.1. The van der Waals surface area contributed by atoms with Crippen LogP contribution in [0.2, 0.25) is 10.0 Å². The molecule has 1 amide bonds. The molecule has 0 bridgehead atoms. The maximum Gasteiger partial charge on any atom is 0.228 e. The molecule has 2 rings (SSSR count). The van der Waals surface area contributed by atoms with Crippen LogP contribution in [-0.2, 0) is 18.3 Å². The number of benzene rings is 1. The Morgan fingerprint density at radius 1 is 1.35 bits per heavy atom. The highest BCUT2D eigenvalue weighted by atomic mass is 35.5. The van der Waals surface area contributed by atoms with Gasteiger partial charge in [0, 0.05) is 18.3 Å². The van der Waals surface area contributed by atoms with Crippen molar-refractivity contribution in [3.63, 3.8) is 0 Å². The van der Waals surface area contributed by atoms with E-state index in [-0.39, 0.29) is 12.3 Å². The van der Waals surface area contributed by atoms with Gasteiger partial charge in [-0.15, -0.1) is 0 Å². The average molecular weight is 312 g/mol. The largest absolute Gasteiger partial charge is 0.324 e. The van der Waals surface area contributed by atoms with E-state index in [0.717, 1.165) is 17.0 Å². The Hall–Kier alpha value is -1.52. The first-order valence-electron chi connectivity index (χ1n) is 6.13. The first-order valence-corrected chi connectivity index (χ1v) is 6.88. The van der Waals surface area contributed by atoms with Crippen molar-refractivity contribution in [2.75, 3.05) is 5.32 Å². The minimum Gasteiger partial charge on any atom is -0.324 e. The number of nitrogens with one attached hydrogen (secondary N) is 1. The molecule has 0 fully saturated rings. The molecule has 4 nitrogen and oxygen atoms in total. The summed E-state index contributed by atoms with van der Waals surface area (Å²) in [5.74, 6) is -0.145. The van der Waals surface area contributed by atoms with E-state index < -0.39 is 0 Å². The van der Waals surface area contributed by atoms with E-state index >= 15 is 0 Å². The lowest BCUT2D eigenvalue weighted by Crippen LogP contribution is -2.15. The van der Waals surface area contributed by atoms with Gasteiger partial charge in [0.1, 0.15) is 0 Å². The fraction of sp³-hybridized carbons (Fsp3) is 0.286. The van der Waals surface area contributed by atoms with Gasteiger partial charge in [0.15, 0.2) is 0 Å². The van der Waals surface area contributed by atoms with Crippen molar-refractivity contribution in [2.24, 2.45) is 7.05 Å². The van der Waals surface area contributed by atoms with Gasteiger partial charge in [0.25, 0.3) is 0 Å². The standard InChI is InChI=1S/C14H15Cl2N3O/c1-8-10(9(2)19(3)18-8)7-13(20)17-12-6-4-5-11(15)14(12)16/h4-6H,7H2,1-3H3,(H,17,20). The molecule has 0 aliphatic rings.